The molecule has 0 aliphatic carbocycles. The molecule has 8 heteroatoms. The van der Waals surface area contributed by atoms with E-state index in [9.17, 15) is 0 Å². The predicted octanol–water partition coefficient (Wildman–Crippen LogP) is 5.28. The van der Waals surface area contributed by atoms with Crippen molar-refractivity contribution in [3.8, 4) is 11.5 Å². The first kappa shape index (κ1) is 20.0. The molecule has 2 heterocycles. The molecule has 0 amide bonds. The summed E-state index contributed by atoms with van der Waals surface area (Å²) in [6.07, 6.45) is 2.48. The lowest BCUT2D eigenvalue weighted by Crippen LogP contribution is -2.37. The number of nitrogens with one attached hydrogen (secondary N) is 1. The van der Waals surface area contributed by atoms with Crippen molar-refractivity contribution >= 4 is 34.4 Å². The number of hydrogen-bond acceptors (Lipinski definition) is 7. The maximum absolute atomic E-state index is 5.83. The number of anilines is 2. The number of benzene rings is 2. The van der Waals surface area contributed by atoms with Gasteiger partial charge in [-0.15, -0.1) is 5.10 Å². The maximum Gasteiger partial charge on any atom is 0.209 e. The van der Waals surface area contributed by atoms with Crippen LogP contribution >= 0.6 is 23.6 Å². The van der Waals surface area contributed by atoms with Crippen LogP contribution in [-0.4, -0.2) is 41.0 Å². The number of nitrogens with zero attached hydrogens (tertiary/aromatic N) is 3. The summed E-state index contributed by atoms with van der Waals surface area (Å²) in [7, 11) is 1.79. The van der Waals surface area contributed by atoms with E-state index in [2.05, 4.69) is 15.3 Å². The highest BCUT2D eigenvalue weighted by Gasteiger charge is 2.19. The van der Waals surface area contributed by atoms with Crippen molar-refractivity contribution in [1.29, 1.82) is 0 Å². The zero-order valence-electron chi connectivity index (χ0n) is 16.3. The Kier molecular flexibility index (Phi) is 6.56. The average Bonchev–Trinajstić information content (AvgIpc) is 3.09. The van der Waals surface area contributed by atoms with Gasteiger partial charge in [-0.05, 0) is 61.5 Å². The molecule has 152 valence electrons. The summed E-state index contributed by atoms with van der Waals surface area (Å²) in [4.78, 5) is 2.37. The lowest BCUT2D eigenvalue weighted by atomic mass is 10.1. The second-order valence-corrected chi connectivity index (χ2v) is 8.55. The molecule has 2 aromatic carbocycles. The van der Waals surface area contributed by atoms with Crippen LogP contribution in [0.25, 0.3) is 0 Å². The third-order valence-electron chi connectivity index (χ3n) is 4.89. The summed E-state index contributed by atoms with van der Waals surface area (Å²) in [6, 6.07) is 17.6. The number of likely N-dealkylation sites (tertiary alicyclic amines) is 1. The summed E-state index contributed by atoms with van der Waals surface area (Å²) in [5.74, 6) is 1.61. The molecule has 6 nitrogen and oxygen atoms in total. The number of hydrogen-bond donors (Lipinski definition) is 1. The fraction of sp³-hybridized carbons (Fsp3) is 0.333. The summed E-state index contributed by atoms with van der Waals surface area (Å²) in [5, 5.41) is 8.77. The van der Waals surface area contributed by atoms with Crippen LogP contribution in [-0.2, 0) is 11.4 Å². The average molecular weight is 429 g/mol. The van der Waals surface area contributed by atoms with E-state index in [4.69, 9.17) is 21.7 Å². The van der Waals surface area contributed by atoms with Gasteiger partial charge in [-0.25, -0.2) is 4.68 Å². The van der Waals surface area contributed by atoms with Crippen LogP contribution in [0, 0.1) is 3.95 Å². The topological polar surface area (TPSA) is 51.5 Å². The van der Waals surface area contributed by atoms with Crippen molar-refractivity contribution in [1.82, 2.24) is 14.7 Å². The monoisotopic (exact) mass is 428 g/mol. The van der Waals surface area contributed by atoms with Crippen LogP contribution in [0.1, 0.15) is 12.8 Å². The van der Waals surface area contributed by atoms with Gasteiger partial charge >= 0.3 is 0 Å². The zero-order valence-corrected chi connectivity index (χ0v) is 17.9. The normalized spacial score (nSPS) is 15.3. The van der Waals surface area contributed by atoms with Gasteiger partial charge in [-0.2, -0.15) is 0 Å². The molecule has 0 unspecified atom stereocenters. The molecule has 1 aliphatic rings. The Morgan fingerprint density at radius 3 is 2.45 bits per heavy atom. The highest BCUT2D eigenvalue weighted by molar-refractivity contribution is 7.73. The molecule has 1 saturated heterocycles. The number of ether oxygens (including phenoxy) is 2. The Hall–Kier alpha value is -2.26. The second kappa shape index (κ2) is 9.49. The largest absolute Gasteiger partial charge is 0.457 e. The minimum atomic E-state index is 0.376. The van der Waals surface area contributed by atoms with Gasteiger partial charge in [-0.1, -0.05) is 29.5 Å². The lowest BCUT2D eigenvalue weighted by molar-refractivity contribution is 0.0303. The molecule has 4 rings (SSSR count). The highest BCUT2D eigenvalue weighted by Crippen LogP contribution is 2.25. The Balaban J connectivity index is 1.35. The molecular formula is C21H24N4O2S2. The molecule has 0 bridgehead atoms. The number of piperidine rings is 1. The van der Waals surface area contributed by atoms with Gasteiger partial charge in [0, 0.05) is 25.9 Å². The third-order valence-corrected chi connectivity index (χ3v) is 6.12. The quantitative estimate of drug-likeness (QED) is 0.517. The predicted molar refractivity (Wildman–Crippen MR) is 119 cm³/mol. The molecule has 1 fully saturated rings. The Morgan fingerprint density at radius 1 is 1.07 bits per heavy atom. The van der Waals surface area contributed by atoms with Crippen LogP contribution in [0.4, 0.5) is 10.8 Å². The van der Waals surface area contributed by atoms with Crippen molar-refractivity contribution in [2.45, 2.75) is 25.6 Å². The molecule has 3 aromatic rings. The van der Waals surface area contributed by atoms with Gasteiger partial charge in [0.25, 0.3) is 0 Å². The summed E-state index contributed by atoms with van der Waals surface area (Å²) >= 11 is 6.99. The van der Waals surface area contributed by atoms with Gasteiger partial charge in [0.2, 0.25) is 5.13 Å². The van der Waals surface area contributed by atoms with E-state index >= 15 is 0 Å². The molecule has 0 radical (unpaired) electrons. The van der Waals surface area contributed by atoms with Crippen molar-refractivity contribution in [2.75, 3.05) is 25.5 Å². The van der Waals surface area contributed by atoms with E-state index in [1.807, 2.05) is 59.3 Å². The van der Waals surface area contributed by atoms with Crippen molar-refractivity contribution < 1.29 is 9.47 Å². The zero-order chi connectivity index (χ0) is 20.1. The van der Waals surface area contributed by atoms with Gasteiger partial charge in [0.15, 0.2) is 3.95 Å². The molecule has 0 saturated carbocycles. The van der Waals surface area contributed by atoms with E-state index in [0.717, 1.165) is 58.9 Å². The molecule has 0 atom stereocenters. The smallest absolute Gasteiger partial charge is 0.209 e. The van der Waals surface area contributed by atoms with Gasteiger partial charge in [0.05, 0.1) is 12.8 Å². The molecular weight excluding hydrogens is 404 g/mol. The standard InChI is InChI=1S/C21H24N4O2S2/c1-26-17-11-13-24(14-12-17)15-25-21(28)29-20(23-25)22-16-7-9-19(10-8-16)27-18-5-3-2-4-6-18/h2-10,17H,11-15H2,1H3,(H,22,23). The van der Waals surface area contributed by atoms with Crippen molar-refractivity contribution in [3.63, 3.8) is 0 Å². The fourth-order valence-electron chi connectivity index (χ4n) is 3.28. The second-order valence-electron chi connectivity index (χ2n) is 6.93. The van der Waals surface area contributed by atoms with Crippen LogP contribution < -0.4 is 10.1 Å². The minimum absolute atomic E-state index is 0.376. The highest BCUT2D eigenvalue weighted by atomic mass is 32.1. The molecule has 1 aromatic heterocycles. The van der Waals surface area contributed by atoms with Gasteiger partial charge < -0.3 is 14.8 Å². The van der Waals surface area contributed by atoms with Crippen molar-refractivity contribution in [2.24, 2.45) is 0 Å². The number of para-hydroxylation sites is 1. The van der Waals surface area contributed by atoms with E-state index in [0.29, 0.717) is 6.10 Å². The van der Waals surface area contributed by atoms with Crippen molar-refractivity contribution in [3.05, 3.63) is 58.6 Å². The van der Waals surface area contributed by atoms with Crippen LogP contribution in [0.3, 0.4) is 0 Å². The fourth-order valence-corrected chi connectivity index (χ4v) is 4.29. The van der Waals surface area contributed by atoms with Crippen LogP contribution in [0.15, 0.2) is 54.6 Å². The Labute approximate surface area is 179 Å². The molecule has 29 heavy (non-hydrogen) atoms. The van der Waals surface area contributed by atoms with E-state index in [-0.39, 0.29) is 0 Å². The van der Waals surface area contributed by atoms with Gasteiger partial charge in [-0.3, -0.25) is 4.90 Å². The Morgan fingerprint density at radius 2 is 1.76 bits per heavy atom. The minimum Gasteiger partial charge on any atom is -0.457 e. The van der Waals surface area contributed by atoms with E-state index in [1.165, 1.54) is 11.3 Å². The lowest BCUT2D eigenvalue weighted by Gasteiger charge is -2.30. The van der Waals surface area contributed by atoms with Crippen LogP contribution in [0.2, 0.25) is 0 Å². The first-order valence-electron chi connectivity index (χ1n) is 9.63. The number of rotatable bonds is 7. The van der Waals surface area contributed by atoms with Crippen LogP contribution in [0.5, 0.6) is 11.5 Å². The van der Waals surface area contributed by atoms with E-state index in [1.54, 1.807) is 7.11 Å². The SMILES string of the molecule is COC1CCN(Cn2nc(Nc3ccc(Oc4ccccc4)cc3)sc2=S)CC1. The third kappa shape index (κ3) is 5.42. The van der Waals surface area contributed by atoms with Gasteiger partial charge in [0.1, 0.15) is 11.5 Å². The first-order valence-corrected chi connectivity index (χ1v) is 10.8. The summed E-state index contributed by atoms with van der Waals surface area (Å²) in [5.41, 5.74) is 0.947. The first-order chi connectivity index (χ1) is 14.2. The summed E-state index contributed by atoms with van der Waals surface area (Å²) in [6.45, 7) is 2.73. The molecule has 1 N–H and O–H groups in total. The summed E-state index contributed by atoms with van der Waals surface area (Å²) < 4.78 is 13.9. The maximum atomic E-state index is 5.83. The number of aromatic nitrogens is 2. The number of methoxy groups -OCH3 is 1. The van der Waals surface area contributed by atoms with E-state index < -0.39 is 0 Å². The molecule has 0 spiro atoms. The Bertz CT molecular complexity index is 964. The molecule has 1 aliphatic heterocycles.